The monoisotopic (exact) mass is 470 g/mol. The number of nitrogens with two attached hydrogens (primary N) is 3. The molecule has 13 heteroatoms. The van der Waals surface area contributed by atoms with Gasteiger partial charge in [-0.15, -0.1) is 0 Å². The first-order valence-electron chi connectivity index (χ1n) is 10.8. The van der Waals surface area contributed by atoms with Gasteiger partial charge in [0.25, 0.3) is 0 Å². The summed E-state index contributed by atoms with van der Waals surface area (Å²) >= 11 is 0. The van der Waals surface area contributed by atoms with Crippen molar-refractivity contribution < 1.29 is 33.9 Å². The first-order valence-corrected chi connectivity index (χ1v) is 10.8. The van der Waals surface area contributed by atoms with Gasteiger partial charge in [0.2, 0.25) is 29.5 Å². The second-order valence-electron chi connectivity index (χ2n) is 8.24. The van der Waals surface area contributed by atoms with E-state index in [0.29, 0.717) is 25.8 Å². The van der Waals surface area contributed by atoms with Gasteiger partial charge in [-0.05, 0) is 25.2 Å². The van der Waals surface area contributed by atoms with Crippen molar-refractivity contribution in [2.24, 2.45) is 23.1 Å². The zero-order chi connectivity index (χ0) is 25.3. The van der Waals surface area contributed by atoms with E-state index in [4.69, 9.17) is 17.2 Å². The van der Waals surface area contributed by atoms with E-state index in [1.165, 1.54) is 4.90 Å². The summed E-state index contributed by atoms with van der Waals surface area (Å²) in [7, 11) is 0. The normalized spacial score (nSPS) is 19.1. The lowest BCUT2D eigenvalue weighted by molar-refractivity contribution is -0.143. The molecule has 0 aliphatic carbocycles. The SMILES string of the molecule is CCC(C)C(N)C(=O)N1CCCC1C(=O)NC(CC(N)=O)C(=O)NC(CCC(N)=O)C(=O)O. The molecule has 1 fully saturated rings. The summed E-state index contributed by atoms with van der Waals surface area (Å²) in [5.74, 6) is -5.19. The van der Waals surface area contributed by atoms with Crippen LogP contribution in [0.25, 0.3) is 0 Å². The Labute approximate surface area is 191 Å². The fraction of sp³-hybridized carbons (Fsp3) is 0.700. The Morgan fingerprint density at radius 3 is 2.21 bits per heavy atom. The summed E-state index contributed by atoms with van der Waals surface area (Å²) in [6.07, 6.45) is 0.418. The topological polar surface area (TPSA) is 228 Å². The Morgan fingerprint density at radius 2 is 1.70 bits per heavy atom. The van der Waals surface area contributed by atoms with Crippen LogP contribution in [0.2, 0.25) is 0 Å². The first-order chi connectivity index (χ1) is 15.4. The van der Waals surface area contributed by atoms with Crippen LogP contribution in [0.3, 0.4) is 0 Å². The van der Waals surface area contributed by atoms with Crippen molar-refractivity contribution in [3.63, 3.8) is 0 Å². The van der Waals surface area contributed by atoms with Gasteiger partial charge in [-0.2, -0.15) is 0 Å². The Kier molecular flexibility index (Phi) is 10.7. The van der Waals surface area contributed by atoms with E-state index in [1.807, 2.05) is 13.8 Å². The average molecular weight is 471 g/mol. The minimum absolute atomic E-state index is 0.0939. The number of hydrogen-bond donors (Lipinski definition) is 6. The number of nitrogens with zero attached hydrogens (tertiary/aromatic N) is 1. The number of primary amides is 2. The largest absolute Gasteiger partial charge is 0.480 e. The van der Waals surface area contributed by atoms with Gasteiger partial charge in [0.05, 0.1) is 12.5 Å². The number of carbonyl (C=O) groups is 6. The van der Waals surface area contributed by atoms with E-state index in [1.54, 1.807) is 0 Å². The van der Waals surface area contributed by atoms with Crippen molar-refractivity contribution >= 4 is 35.5 Å². The van der Waals surface area contributed by atoms with Crippen LogP contribution in [0.4, 0.5) is 0 Å². The van der Waals surface area contributed by atoms with Crippen molar-refractivity contribution in [3.05, 3.63) is 0 Å². The van der Waals surface area contributed by atoms with E-state index in [0.717, 1.165) is 0 Å². The minimum Gasteiger partial charge on any atom is -0.480 e. The smallest absolute Gasteiger partial charge is 0.326 e. The van der Waals surface area contributed by atoms with Gasteiger partial charge in [-0.3, -0.25) is 24.0 Å². The maximum Gasteiger partial charge on any atom is 0.326 e. The lowest BCUT2D eigenvalue weighted by Crippen LogP contribution is -2.57. The highest BCUT2D eigenvalue weighted by Gasteiger charge is 2.39. The summed E-state index contributed by atoms with van der Waals surface area (Å²) in [6, 6.07) is -4.60. The van der Waals surface area contributed by atoms with Crippen molar-refractivity contribution in [1.29, 1.82) is 0 Å². The molecule has 5 unspecified atom stereocenters. The molecular formula is C20H34N6O7. The van der Waals surface area contributed by atoms with E-state index in [9.17, 15) is 33.9 Å². The molecule has 9 N–H and O–H groups in total. The molecule has 0 saturated carbocycles. The Bertz CT molecular complexity index is 774. The fourth-order valence-corrected chi connectivity index (χ4v) is 3.49. The first kappa shape index (κ1) is 27.8. The van der Waals surface area contributed by atoms with Crippen LogP contribution < -0.4 is 27.8 Å². The molecule has 186 valence electrons. The van der Waals surface area contributed by atoms with E-state index < -0.39 is 60.2 Å². The lowest BCUT2D eigenvalue weighted by atomic mass is 9.98. The number of amides is 5. The molecule has 5 amide bonds. The predicted molar refractivity (Wildman–Crippen MR) is 116 cm³/mol. The molecule has 1 saturated heterocycles. The van der Waals surface area contributed by atoms with E-state index >= 15 is 0 Å². The molecule has 33 heavy (non-hydrogen) atoms. The molecule has 0 spiro atoms. The molecule has 5 atom stereocenters. The molecule has 1 aliphatic heterocycles. The van der Waals surface area contributed by atoms with Crippen molar-refractivity contribution in [3.8, 4) is 0 Å². The zero-order valence-corrected chi connectivity index (χ0v) is 18.9. The van der Waals surface area contributed by atoms with Crippen LogP contribution in [-0.2, 0) is 28.8 Å². The second-order valence-corrected chi connectivity index (χ2v) is 8.24. The number of carbonyl (C=O) groups excluding carboxylic acids is 5. The van der Waals surface area contributed by atoms with Crippen molar-refractivity contribution in [1.82, 2.24) is 15.5 Å². The molecule has 0 radical (unpaired) electrons. The maximum atomic E-state index is 12.9. The molecular weight excluding hydrogens is 436 g/mol. The van der Waals surface area contributed by atoms with Crippen LogP contribution in [0.15, 0.2) is 0 Å². The third-order valence-electron chi connectivity index (χ3n) is 5.71. The van der Waals surface area contributed by atoms with E-state index in [-0.39, 0.29) is 24.7 Å². The van der Waals surface area contributed by atoms with Crippen LogP contribution in [0.5, 0.6) is 0 Å². The van der Waals surface area contributed by atoms with Crippen LogP contribution in [0.1, 0.15) is 52.4 Å². The maximum absolute atomic E-state index is 12.9. The highest BCUT2D eigenvalue weighted by molar-refractivity contribution is 5.96. The summed E-state index contributed by atoms with van der Waals surface area (Å²) in [6.45, 7) is 4.05. The highest BCUT2D eigenvalue weighted by Crippen LogP contribution is 2.21. The summed E-state index contributed by atoms with van der Waals surface area (Å²) in [4.78, 5) is 73.4. The van der Waals surface area contributed by atoms with Gasteiger partial charge in [0.15, 0.2) is 0 Å². The predicted octanol–water partition coefficient (Wildman–Crippen LogP) is -2.45. The van der Waals surface area contributed by atoms with Gasteiger partial charge < -0.3 is 37.8 Å². The Morgan fingerprint density at radius 1 is 1.06 bits per heavy atom. The molecule has 1 heterocycles. The number of rotatable bonds is 13. The molecule has 1 rings (SSSR count). The van der Waals surface area contributed by atoms with Gasteiger partial charge in [0, 0.05) is 13.0 Å². The Hall–Kier alpha value is -3.22. The van der Waals surface area contributed by atoms with E-state index in [2.05, 4.69) is 10.6 Å². The fourth-order valence-electron chi connectivity index (χ4n) is 3.49. The standard InChI is InChI=1S/C20H34N6O7/c1-3-10(2)16(23)19(31)26-8-4-5-13(26)18(30)25-12(9-15(22)28)17(29)24-11(20(32)33)6-7-14(21)27/h10-13,16H,3-9,23H2,1-2H3,(H2,21,27)(H2,22,28)(H,24,29)(H,25,30)(H,32,33). The summed E-state index contributed by atoms with van der Waals surface area (Å²) < 4.78 is 0. The van der Waals surface area contributed by atoms with Crippen LogP contribution in [-0.4, -0.2) is 76.2 Å². The number of nitrogens with one attached hydrogen (secondary N) is 2. The summed E-state index contributed by atoms with van der Waals surface area (Å²) in [5.41, 5.74) is 16.2. The quantitative estimate of drug-likeness (QED) is 0.169. The molecule has 0 bridgehead atoms. The average Bonchev–Trinajstić information content (AvgIpc) is 3.23. The third kappa shape index (κ3) is 8.33. The third-order valence-corrected chi connectivity index (χ3v) is 5.71. The number of carboxylic acids is 1. The lowest BCUT2D eigenvalue weighted by Gasteiger charge is -2.30. The van der Waals surface area contributed by atoms with Gasteiger partial charge in [-0.25, -0.2) is 4.79 Å². The second kappa shape index (κ2) is 12.7. The zero-order valence-electron chi connectivity index (χ0n) is 18.9. The molecule has 13 nitrogen and oxygen atoms in total. The molecule has 0 aromatic heterocycles. The van der Waals surface area contributed by atoms with Gasteiger partial charge >= 0.3 is 5.97 Å². The number of carboxylic acid groups (broad SMARTS) is 1. The number of hydrogen-bond acceptors (Lipinski definition) is 7. The van der Waals surface area contributed by atoms with Gasteiger partial charge in [-0.1, -0.05) is 20.3 Å². The van der Waals surface area contributed by atoms with Crippen molar-refractivity contribution in [2.75, 3.05) is 6.54 Å². The highest BCUT2D eigenvalue weighted by atomic mass is 16.4. The molecule has 1 aliphatic rings. The van der Waals surface area contributed by atoms with Crippen LogP contribution in [0, 0.1) is 5.92 Å². The summed E-state index contributed by atoms with van der Waals surface area (Å²) in [5, 5.41) is 13.8. The van der Waals surface area contributed by atoms with Crippen LogP contribution >= 0.6 is 0 Å². The molecule has 0 aromatic rings. The van der Waals surface area contributed by atoms with Gasteiger partial charge in [0.1, 0.15) is 18.1 Å². The minimum atomic E-state index is -1.47. The number of likely N-dealkylation sites (tertiary alicyclic amines) is 1. The van der Waals surface area contributed by atoms with Crippen molar-refractivity contribution in [2.45, 2.75) is 76.5 Å². The number of aliphatic carboxylic acids is 1. The molecule has 0 aromatic carbocycles. The Balaban J connectivity index is 2.94.